The summed E-state index contributed by atoms with van der Waals surface area (Å²) in [6.45, 7) is 0.538. The zero-order valence-electron chi connectivity index (χ0n) is 6.16. The van der Waals surface area contributed by atoms with Crippen LogP contribution < -0.4 is 5.73 Å². The maximum Gasteiger partial charge on any atom is 0.389 e. The van der Waals surface area contributed by atoms with Gasteiger partial charge in [0.2, 0.25) is 0 Å². The molecule has 1 nitrogen and oxygen atoms in total. The van der Waals surface area contributed by atoms with Crippen LogP contribution in [0.3, 0.4) is 0 Å². The molecule has 0 saturated carbocycles. The van der Waals surface area contributed by atoms with Gasteiger partial charge in [-0.1, -0.05) is 0 Å². The molecule has 0 radical (unpaired) electrons. The zero-order chi connectivity index (χ0) is 8.74. The van der Waals surface area contributed by atoms with Gasteiger partial charge in [-0.2, -0.15) is 24.9 Å². The van der Waals surface area contributed by atoms with E-state index < -0.39 is 12.6 Å². The second kappa shape index (κ2) is 5.71. The smallest absolute Gasteiger partial charge is 0.330 e. The van der Waals surface area contributed by atoms with Gasteiger partial charge in [-0.3, -0.25) is 0 Å². The zero-order valence-corrected chi connectivity index (χ0v) is 6.97. The summed E-state index contributed by atoms with van der Waals surface area (Å²) >= 11 is 1.47. The van der Waals surface area contributed by atoms with Gasteiger partial charge in [0.1, 0.15) is 0 Å². The van der Waals surface area contributed by atoms with E-state index >= 15 is 0 Å². The molecule has 68 valence electrons. The van der Waals surface area contributed by atoms with Crippen LogP contribution in [-0.4, -0.2) is 24.2 Å². The molecule has 0 atom stereocenters. The summed E-state index contributed by atoms with van der Waals surface area (Å²) < 4.78 is 34.6. The highest BCUT2D eigenvalue weighted by Crippen LogP contribution is 2.22. The highest BCUT2D eigenvalue weighted by atomic mass is 32.2. The van der Waals surface area contributed by atoms with Crippen molar-refractivity contribution in [3.8, 4) is 0 Å². The van der Waals surface area contributed by atoms with Crippen molar-refractivity contribution in [1.82, 2.24) is 0 Å². The molecule has 0 saturated heterocycles. The van der Waals surface area contributed by atoms with E-state index in [0.717, 1.165) is 5.75 Å². The molecule has 11 heavy (non-hydrogen) atoms. The van der Waals surface area contributed by atoms with Crippen molar-refractivity contribution < 1.29 is 13.2 Å². The summed E-state index contributed by atoms with van der Waals surface area (Å²) in [5.74, 6) is 1.30. The van der Waals surface area contributed by atoms with Crippen molar-refractivity contribution in [2.45, 2.75) is 19.0 Å². The van der Waals surface area contributed by atoms with E-state index in [0.29, 0.717) is 12.3 Å². The first-order chi connectivity index (χ1) is 5.06. The fourth-order valence-corrected chi connectivity index (χ4v) is 1.28. The van der Waals surface area contributed by atoms with Gasteiger partial charge in [0.05, 0.1) is 0 Å². The molecule has 0 rings (SSSR count). The van der Waals surface area contributed by atoms with Crippen molar-refractivity contribution >= 4 is 11.8 Å². The van der Waals surface area contributed by atoms with Crippen LogP contribution in [0.2, 0.25) is 0 Å². The van der Waals surface area contributed by atoms with Gasteiger partial charge in [-0.25, -0.2) is 0 Å². The number of hydrogen-bond acceptors (Lipinski definition) is 2. The predicted molar refractivity (Wildman–Crippen MR) is 41.7 cm³/mol. The Morgan fingerprint density at radius 1 is 1.18 bits per heavy atom. The Morgan fingerprint density at radius 3 is 2.27 bits per heavy atom. The predicted octanol–water partition coefficient (Wildman–Crippen LogP) is 2.02. The first-order valence-electron chi connectivity index (χ1n) is 3.41. The Bertz CT molecular complexity index is 94.3. The minimum atomic E-state index is -4.00. The van der Waals surface area contributed by atoms with Gasteiger partial charge < -0.3 is 5.73 Å². The molecule has 0 aliphatic rings. The van der Waals surface area contributed by atoms with E-state index in [1.807, 2.05) is 0 Å². The molecule has 0 amide bonds. The average Bonchev–Trinajstić information content (AvgIpc) is 1.85. The van der Waals surface area contributed by atoms with E-state index in [1.54, 1.807) is 0 Å². The van der Waals surface area contributed by atoms with E-state index in [-0.39, 0.29) is 6.42 Å². The van der Waals surface area contributed by atoms with Gasteiger partial charge in [-0.05, 0) is 12.2 Å². The first kappa shape index (κ1) is 11.1. The van der Waals surface area contributed by atoms with Crippen LogP contribution >= 0.6 is 11.8 Å². The lowest BCUT2D eigenvalue weighted by Gasteiger charge is -2.04. The van der Waals surface area contributed by atoms with Gasteiger partial charge >= 0.3 is 6.18 Å². The van der Waals surface area contributed by atoms with E-state index in [4.69, 9.17) is 5.73 Å². The Kier molecular flexibility index (Phi) is 5.76. The van der Waals surface area contributed by atoms with Crippen molar-refractivity contribution in [2.75, 3.05) is 18.1 Å². The summed E-state index contributed by atoms with van der Waals surface area (Å²) in [5, 5.41) is 0. The first-order valence-corrected chi connectivity index (χ1v) is 4.56. The van der Waals surface area contributed by atoms with Crippen LogP contribution in [0.4, 0.5) is 13.2 Å². The average molecular weight is 187 g/mol. The number of thioether (sulfide) groups is 1. The second-order valence-electron chi connectivity index (χ2n) is 2.12. The Labute approximate surface area is 68.5 Å². The molecular formula is C6H12F3NS. The summed E-state index contributed by atoms with van der Waals surface area (Å²) in [5.41, 5.74) is 5.15. The quantitative estimate of drug-likeness (QED) is 0.666. The van der Waals surface area contributed by atoms with Gasteiger partial charge in [0.15, 0.2) is 0 Å². The second-order valence-corrected chi connectivity index (χ2v) is 3.34. The van der Waals surface area contributed by atoms with Crippen LogP contribution in [0.5, 0.6) is 0 Å². The molecule has 0 fully saturated rings. The fraction of sp³-hybridized carbons (Fsp3) is 1.00. The molecule has 0 bridgehead atoms. The summed E-state index contributed by atoms with van der Waals surface area (Å²) in [6, 6.07) is 0. The fourth-order valence-electron chi connectivity index (χ4n) is 0.560. The number of halogens is 3. The molecule has 2 N–H and O–H groups in total. The Morgan fingerprint density at radius 2 is 1.82 bits per heavy atom. The Hall–Kier alpha value is 0.100. The van der Waals surface area contributed by atoms with Crippen LogP contribution in [0.25, 0.3) is 0 Å². The summed E-state index contributed by atoms with van der Waals surface area (Å²) in [6.07, 6.45) is -4.47. The van der Waals surface area contributed by atoms with E-state index in [9.17, 15) is 13.2 Å². The molecule has 0 spiro atoms. The third-order valence-electron chi connectivity index (χ3n) is 1.01. The number of nitrogens with two attached hydrogens (primary N) is 1. The minimum Gasteiger partial charge on any atom is -0.330 e. The molecular weight excluding hydrogens is 175 g/mol. The molecule has 0 aromatic heterocycles. The van der Waals surface area contributed by atoms with Gasteiger partial charge in [0, 0.05) is 18.7 Å². The standard InChI is InChI=1S/C6H12F3NS/c7-6(8,9)2-1-4-11-5-3-10/h1-5,10H2. The largest absolute Gasteiger partial charge is 0.389 e. The maximum absolute atomic E-state index is 11.5. The minimum absolute atomic E-state index is 0.203. The van der Waals surface area contributed by atoms with Crippen molar-refractivity contribution in [3.05, 3.63) is 0 Å². The lowest BCUT2D eigenvalue weighted by molar-refractivity contribution is -0.134. The molecule has 0 aromatic carbocycles. The number of alkyl halides is 3. The van der Waals surface area contributed by atoms with Crippen LogP contribution in [0, 0.1) is 0 Å². The molecule has 5 heteroatoms. The molecule has 0 aliphatic heterocycles. The van der Waals surface area contributed by atoms with Gasteiger partial charge in [-0.15, -0.1) is 0 Å². The summed E-state index contributed by atoms with van der Waals surface area (Å²) in [7, 11) is 0. The third-order valence-corrected chi connectivity index (χ3v) is 2.11. The SMILES string of the molecule is NCCSCCCC(F)(F)F. The number of rotatable bonds is 5. The maximum atomic E-state index is 11.5. The Balaban J connectivity index is 3.02. The highest BCUT2D eigenvalue weighted by Gasteiger charge is 2.25. The van der Waals surface area contributed by atoms with E-state index in [2.05, 4.69) is 0 Å². The monoisotopic (exact) mass is 187 g/mol. The van der Waals surface area contributed by atoms with Crippen LogP contribution in [-0.2, 0) is 0 Å². The molecule has 0 aromatic rings. The number of hydrogen-bond donors (Lipinski definition) is 1. The molecule has 0 aliphatic carbocycles. The van der Waals surface area contributed by atoms with Crippen LogP contribution in [0.1, 0.15) is 12.8 Å². The van der Waals surface area contributed by atoms with E-state index in [1.165, 1.54) is 11.8 Å². The van der Waals surface area contributed by atoms with Crippen molar-refractivity contribution in [1.29, 1.82) is 0 Å². The summed E-state index contributed by atoms with van der Waals surface area (Å²) in [4.78, 5) is 0. The van der Waals surface area contributed by atoms with Crippen molar-refractivity contribution in [2.24, 2.45) is 5.73 Å². The highest BCUT2D eigenvalue weighted by molar-refractivity contribution is 7.99. The lowest BCUT2D eigenvalue weighted by atomic mass is 10.3. The topological polar surface area (TPSA) is 26.0 Å². The normalized spacial score (nSPS) is 12.0. The lowest BCUT2D eigenvalue weighted by Crippen LogP contribution is -2.07. The molecule has 0 heterocycles. The van der Waals surface area contributed by atoms with Gasteiger partial charge in [0.25, 0.3) is 0 Å². The van der Waals surface area contributed by atoms with Crippen molar-refractivity contribution in [3.63, 3.8) is 0 Å². The van der Waals surface area contributed by atoms with Crippen LogP contribution in [0.15, 0.2) is 0 Å². The molecule has 0 unspecified atom stereocenters. The third kappa shape index (κ3) is 10.1.